The van der Waals surface area contributed by atoms with Gasteiger partial charge in [0.15, 0.2) is 0 Å². The van der Waals surface area contributed by atoms with Gasteiger partial charge in [0, 0.05) is 17.1 Å². The summed E-state index contributed by atoms with van der Waals surface area (Å²) in [6, 6.07) is 7.44. The number of carbonyl (C=O) groups is 1. The van der Waals surface area contributed by atoms with E-state index in [1.165, 1.54) is 0 Å². The second-order valence-electron chi connectivity index (χ2n) is 4.91. The molecular weight excluding hydrogens is 272 g/mol. The van der Waals surface area contributed by atoms with Crippen LogP contribution in [0.5, 0.6) is 5.75 Å². The van der Waals surface area contributed by atoms with Crippen LogP contribution in [0.2, 0.25) is 0 Å². The van der Waals surface area contributed by atoms with E-state index in [4.69, 9.17) is 9.84 Å². The maximum absolute atomic E-state index is 10.5. The summed E-state index contributed by atoms with van der Waals surface area (Å²) in [4.78, 5) is 10.5. The lowest BCUT2D eigenvalue weighted by Gasteiger charge is -2.15. The van der Waals surface area contributed by atoms with Gasteiger partial charge in [-0.25, -0.2) is 4.79 Å². The third kappa shape index (κ3) is 6.66. The second-order valence-corrected chi connectivity index (χ2v) is 6.40. The Morgan fingerprint density at radius 2 is 2.15 bits per heavy atom. The predicted octanol–water partition coefficient (Wildman–Crippen LogP) is 3.94. The first kappa shape index (κ1) is 16.6. The fourth-order valence-electron chi connectivity index (χ4n) is 1.46. The molecule has 3 nitrogen and oxygen atoms in total. The Kier molecular flexibility index (Phi) is 7.23. The molecule has 0 radical (unpaired) electrons. The van der Waals surface area contributed by atoms with Gasteiger partial charge in [-0.2, -0.15) is 11.8 Å². The van der Waals surface area contributed by atoms with Gasteiger partial charge < -0.3 is 9.84 Å². The molecule has 20 heavy (non-hydrogen) atoms. The Balaban J connectivity index is 2.41. The van der Waals surface area contributed by atoms with Crippen molar-refractivity contribution in [3.8, 4) is 5.75 Å². The molecule has 0 aromatic heterocycles. The molecule has 0 saturated heterocycles. The Bertz CT molecular complexity index is 455. The van der Waals surface area contributed by atoms with Crippen LogP contribution in [0.3, 0.4) is 0 Å². The Hall–Kier alpha value is -1.42. The van der Waals surface area contributed by atoms with Gasteiger partial charge in [-0.1, -0.05) is 32.9 Å². The van der Waals surface area contributed by atoms with Gasteiger partial charge in [0.25, 0.3) is 0 Å². The first-order valence-corrected chi connectivity index (χ1v) is 7.79. The van der Waals surface area contributed by atoms with Gasteiger partial charge in [0.2, 0.25) is 0 Å². The number of hydrogen-bond donors (Lipinski definition) is 1. The Morgan fingerprint density at radius 3 is 2.80 bits per heavy atom. The van der Waals surface area contributed by atoms with Crippen molar-refractivity contribution in [1.29, 1.82) is 0 Å². The van der Waals surface area contributed by atoms with Crippen molar-refractivity contribution in [2.24, 2.45) is 5.92 Å². The van der Waals surface area contributed by atoms with E-state index in [1.54, 1.807) is 6.08 Å². The quantitative estimate of drug-likeness (QED) is 0.582. The maximum atomic E-state index is 10.5. The predicted molar refractivity (Wildman–Crippen MR) is 85.4 cm³/mol. The number of carboxylic acid groups (broad SMARTS) is 1. The normalized spacial score (nSPS) is 12.8. The van der Waals surface area contributed by atoms with E-state index in [0.717, 1.165) is 23.1 Å². The van der Waals surface area contributed by atoms with Gasteiger partial charge in [0.1, 0.15) is 5.75 Å². The molecule has 0 fully saturated rings. The smallest absolute Gasteiger partial charge is 0.328 e. The van der Waals surface area contributed by atoms with Crippen molar-refractivity contribution < 1.29 is 14.6 Å². The highest BCUT2D eigenvalue weighted by Crippen LogP contribution is 2.19. The SMILES string of the molecule is CC(C)C(C)SCCOc1cccc(/C=C/C(=O)O)c1. The highest BCUT2D eigenvalue weighted by atomic mass is 32.2. The minimum Gasteiger partial charge on any atom is -0.493 e. The van der Waals surface area contributed by atoms with Crippen LogP contribution in [0.1, 0.15) is 26.3 Å². The van der Waals surface area contributed by atoms with Crippen LogP contribution in [-0.4, -0.2) is 28.7 Å². The Labute approximate surface area is 125 Å². The number of benzene rings is 1. The molecule has 1 rings (SSSR count). The zero-order chi connectivity index (χ0) is 15.0. The van der Waals surface area contributed by atoms with Gasteiger partial charge >= 0.3 is 5.97 Å². The highest BCUT2D eigenvalue weighted by Gasteiger charge is 2.06. The Morgan fingerprint density at radius 1 is 1.40 bits per heavy atom. The van der Waals surface area contributed by atoms with E-state index in [9.17, 15) is 4.79 Å². The fourth-order valence-corrected chi connectivity index (χ4v) is 2.40. The molecule has 0 heterocycles. The summed E-state index contributed by atoms with van der Waals surface area (Å²) in [5.41, 5.74) is 0.827. The van der Waals surface area contributed by atoms with Crippen molar-refractivity contribution in [1.82, 2.24) is 0 Å². The third-order valence-corrected chi connectivity index (χ3v) is 4.42. The van der Waals surface area contributed by atoms with E-state index in [2.05, 4.69) is 20.8 Å². The molecule has 1 aromatic rings. The van der Waals surface area contributed by atoms with Crippen LogP contribution >= 0.6 is 11.8 Å². The maximum Gasteiger partial charge on any atom is 0.328 e. The monoisotopic (exact) mass is 294 g/mol. The average molecular weight is 294 g/mol. The van der Waals surface area contributed by atoms with E-state index in [0.29, 0.717) is 17.8 Å². The molecule has 0 bridgehead atoms. The molecule has 1 unspecified atom stereocenters. The minimum absolute atomic E-state index is 0.628. The van der Waals surface area contributed by atoms with E-state index in [1.807, 2.05) is 36.0 Å². The summed E-state index contributed by atoms with van der Waals surface area (Å²) in [5.74, 6) is 1.45. The van der Waals surface area contributed by atoms with Crippen molar-refractivity contribution >= 4 is 23.8 Å². The second kappa shape index (κ2) is 8.69. The molecule has 4 heteroatoms. The lowest BCUT2D eigenvalue weighted by molar-refractivity contribution is -0.131. The van der Waals surface area contributed by atoms with Gasteiger partial charge in [-0.15, -0.1) is 0 Å². The fraction of sp³-hybridized carbons (Fsp3) is 0.438. The van der Waals surface area contributed by atoms with E-state index >= 15 is 0 Å². The average Bonchev–Trinajstić information content (AvgIpc) is 2.41. The van der Waals surface area contributed by atoms with Crippen molar-refractivity contribution in [3.63, 3.8) is 0 Å². The zero-order valence-electron chi connectivity index (χ0n) is 12.2. The number of ether oxygens (including phenoxy) is 1. The van der Waals surface area contributed by atoms with Crippen molar-refractivity contribution in [3.05, 3.63) is 35.9 Å². The molecule has 1 N–H and O–H groups in total. The lowest BCUT2D eigenvalue weighted by atomic mass is 10.2. The number of hydrogen-bond acceptors (Lipinski definition) is 3. The van der Waals surface area contributed by atoms with Gasteiger partial charge in [-0.05, 0) is 29.7 Å². The number of carboxylic acids is 1. The first-order valence-electron chi connectivity index (χ1n) is 6.74. The summed E-state index contributed by atoms with van der Waals surface area (Å²) in [5, 5.41) is 9.22. The molecule has 0 aliphatic rings. The number of aliphatic carboxylic acids is 1. The van der Waals surface area contributed by atoms with Crippen molar-refractivity contribution in [2.75, 3.05) is 12.4 Å². The standard InChI is InChI=1S/C16H22O3S/c1-12(2)13(3)20-10-9-19-15-6-4-5-14(11-15)7-8-16(17)18/h4-8,11-13H,9-10H2,1-3H3,(H,17,18)/b8-7+. The van der Waals surface area contributed by atoms with Gasteiger partial charge in [-0.3, -0.25) is 0 Å². The largest absolute Gasteiger partial charge is 0.493 e. The summed E-state index contributed by atoms with van der Waals surface area (Å²) in [6.45, 7) is 7.33. The van der Waals surface area contributed by atoms with Crippen LogP contribution in [0.15, 0.2) is 30.3 Å². The molecule has 0 aliphatic heterocycles. The minimum atomic E-state index is -0.949. The number of rotatable bonds is 8. The molecule has 110 valence electrons. The summed E-state index contributed by atoms with van der Waals surface area (Å²) in [6.07, 6.45) is 2.68. The number of thioether (sulfide) groups is 1. The van der Waals surface area contributed by atoms with E-state index < -0.39 is 5.97 Å². The lowest BCUT2D eigenvalue weighted by Crippen LogP contribution is -2.09. The molecule has 1 aromatic carbocycles. The van der Waals surface area contributed by atoms with Crippen LogP contribution in [-0.2, 0) is 4.79 Å². The summed E-state index contributed by atoms with van der Waals surface area (Å²) >= 11 is 1.91. The molecule has 0 spiro atoms. The molecule has 0 saturated carbocycles. The molecule has 0 aliphatic carbocycles. The zero-order valence-corrected chi connectivity index (χ0v) is 13.0. The van der Waals surface area contributed by atoms with E-state index in [-0.39, 0.29) is 0 Å². The van der Waals surface area contributed by atoms with Crippen LogP contribution in [0.4, 0.5) is 0 Å². The molecule has 1 atom stereocenters. The van der Waals surface area contributed by atoms with Crippen LogP contribution in [0.25, 0.3) is 6.08 Å². The van der Waals surface area contributed by atoms with Crippen molar-refractivity contribution in [2.45, 2.75) is 26.0 Å². The highest BCUT2D eigenvalue weighted by molar-refractivity contribution is 7.99. The van der Waals surface area contributed by atoms with Crippen LogP contribution < -0.4 is 4.74 Å². The molecule has 0 amide bonds. The van der Waals surface area contributed by atoms with Gasteiger partial charge in [0.05, 0.1) is 6.61 Å². The van der Waals surface area contributed by atoms with Crippen LogP contribution in [0, 0.1) is 5.92 Å². The third-order valence-electron chi connectivity index (χ3n) is 2.95. The topological polar surface area (TPSA) is 46.5 Å². The molecular formula is C16H22O3S. The summed E-state index contributed by atoms with van der Waals surface area (Å²) < 4.78 is 5.68. The summed E-state index contributed by atoms with van der Waals surface area (Å²) in [7, 11) is 0. The first-order chi connectivity index (χ1) is 9.49.